The van der Waals surface area contributed by atoms with Crippen LogP contribution in [0.15, 0.2) is 24.3 Å². The fourth-order valence-corrected chi connectivity index (χ4v) is 3.05. The Morgan fingerprint density at radius 1 is 1.24 bits per heavy atom. The predicted octanol–water partition coefficient (Wildman–Crippen LogP) is 2.67. The fraction of sp³-hybridized carbons (Fsp3) is 0.444. The first-order chi connectivity index (χ1) is 11.6. The van der Waals surface area contributed by atoms with Gasteiger partial charge in [-0.15, -0.1) is 12.4 Å². The molecule has 0 amide bonds. The lowest BCUT2D eigenvalue weighted by atomic mass is 10.1. The van der Waals surface area contributed by atoms with Gasteiger partial charge in [-0.25, -0.2) is 9.67 Å². The number of rotatable bonds is 7. The van der Waals surface area contributed by atoms with E-state index in [0.29, 0.717) is 6.54 Å². The second-order valence-corrected chi connectivity index (χ2v) is 6.32. The molecule has 1 aromatic carbocycles. The van der Waals surface area contributed by atoms with Crippen LogP contribution in [-0.4, -0.2) is 58.6 Å². The van der Waals surface area contributed by atoms with Crippen molar-refractivity contribution < 1.29 is 5.11 Å². The van der Waals surface area contributed by atoms with E-state index in [0.717, 1.165) is 52.8 Å². The molecule has 2 aromatic heterocycles. The fourth-order valence-electron chi connectivity index (χ4n) is 3.05. The number of benzene rings is 1. The summed E-state index contributed by atoms with van der Waals surface area (Å²) < 4.78 is 1.79. The number of aliphatic hydroxyl groups excluding tert-OH is 1. The first kappa shape index (κ1) is 19.4. The van der Waals surface area contributed by atoms with Gasteiger partial charge in [0, 0.05) is 11.9 Å². The number of nitrogens with zero attached hydrogens (tertiary/aromatic N) is 4. The first-order valence-corrected chi connectivity index (χ1v) is 8.37. The van der Waals surface area contributed by atoms with Crippen molar-refractivity contribution in [3.63, 3.8) is 0 Å². The Labute approximate surface area is 154 Å². The minimum absolute atomic E-state index is 0. The van der Waals surface area contributed by atoms with Gasteiger partial charge in [-0.2, -0.15) is 5.10 Å². The molecule has 0 fully saturated rings. The Morgan fingerprint density at radius 3 is 2.72 bits per heavy atom. The van der Waals surface area contributed by atoms with Crippen molar-refractivity contribution in [1.82, 2.24) is 19.7 Å². The number of pyridine rings is 1. The molecule has 0 saturated heterocycles. The molecule has 136 valence electrons. The van der Waals surface area contributed by atoms with Gasteiger partial charge in [0.15, 0.2) is 5.65 Å². The van der Waals surface area contributed by atoms with E-state index in [9.17, 15) is 5.11 Å². The quantitative estimate of drug-likeness (QED) is 0.632. The summed E-state index contributed by atoms with van der Waals surface area (Å²) in [6, 6.07) is 8.15. The summed E-state index contributed by atoms with van der Waals surface area (Å²) in [7, 11) is 4.17. The van der Waals surface area contributed by atoms with E-state index in [1.165, 1.54) is 0 Å². The monoisotopic (exact) mass is 363 g/mol. The molecule has 0 aliphatic carbocycles. The summed E-state index contributed by atoms with van der Waals surface area (Å²) in [6.45, 7) is 4.44. The van der Waals surface area contributed by atoms with E-state index in [4.69, 9.17) is 4.98 Å². The van der Waals surface area contributed by atoms with E-state index in [2.05, 4.69) is 35.5 Å². The van der Waals surface area contributed by atoms with Crippen LogP contribution in [0.25, 0.3) is 21.9 Å². The Hall–Kier alpha value is -1.89. The van der Waals surface area contributed by atoms with Gasteiger partial charge < -0.3 is 15.3 Å². The molecule has 25 heavy (non-hydrogen) atoms. The van der Waals surface area contributed by atoms with Crippen molar-refractivity contribution in [3.05, 3.63) is 30.0 Å². The van der Waals surface area contributed by atoms with Gasteiger partial charge in [0.1, 0.15) is 0 Å². The molecule has 2 N–H and O–H groups in total. The standard InChI is InChI=1S/C18H25N5O.ClH/c1-13-16-17(19-9-6-10-22(2)3)14-7-4-5-8-15(14)20-18(16)23(21-13)11-12-24;/h4-5,7-8,24H,6,9-12H2,1-3H3,(H,19,20);1H. The minimum atomic E-state index is 0. The highest BCUT2D eigenvalue weighted by Gasteiger charge is 2.16. The maximum Gasteiger partial charge on any atom is 0.160 e. The normalized spacial score (nSPS) is 11.2. The highest BCUT2D eigenvalue weighted by atomic mass is 35.5. The van der Waals surface area contributed by atoms with E-state index >= 15 is 0 Å². The molecule has 0 aliphatic rings. The first-order valence-electron chi connectivity index (χ1n) is 8.37. The van der Waals surface area contributed by atoms with Crippen molar-refractivity contribution in [2.24, 2.45) is 0 Å². The number of hydrogen-bond donors (Lipinski definition) is 2. The number of para-hydroxylation sites is 1. The van der Waals surface area contributed by atoms with Crippen molar-refractivity contribution in [2.75, 3.05) is 39.1 Å². The Balaban J connectivity index is 0.00000225. The molecule has 0 aliphatic heterocycles. The van der Waals surface area contributed by atoms with Crippen LogP contribution in [0.4, 0.5) is 5.69 Å². The van der Waals surface area contributed by atoms with Crippen LogP contribution in [0.2, 0.25) is 0 Å². The van der Waals surface area contributed by atoms with Crippen molar-refractivity contribution in [1.29, 1.82) is 0 Å². The lowest BCUT2D eigenvalue weighted by Crippen LogP contribution is -2.16. The highest BCUT2D eigenvalue weighted by Crippen LogP contribution is 2.32. The SMILES string of the molecule is Cc1nn(CCO)c2nc3ccccc3c(NCCCN(C)C)c12.Cl. The number of aromatic nitrogens is 3. The topological polar surface area (TPSA) is 66.2 Å². The van der Waals surface area contributed by atoms with Gasteiger partial charge in [-0.1, -0.05) is 18.2 Å². The third-order valence-corrected chi connectivity index (χ3v) is 4.15. The third-order valence-electron chi connectivity index (χ3n) is 4.15. The zero-order chi connectivity index (χ0) is 17.1. The lowest BCUT2D eigenvalue weighted by Gasteiger charge is -2.14. The largest absolute Gasteiger partial charge is 0.394 e. The zero-order valence-corrected chi connectivity index (χ0v) is 15.8. The van der Waals surface area contributed by atoms with Gasteiger partial charge >= 0.3 is 0 Å². The summed E-state index contributed by atoms with van der Waals surface area (Å²) in [5.74, 6) is 0. The highest BCUT2D eigenvalue weighted by molar-refractivity contribution is 6.07. The van der Waals surface area contributed by atoms with Crippen LogP contribution >= 0.6 is 12.4 Å². The Kier molecular flexibility index (Phi) is 6.58. The molecular formula is C18H26ClN5O. The summed E-state index contributed by atoms with van der Waals surface area (Å²) in [5.41, 5.74) is 3.80. The molecule has 0 unspecified atom stereocenters. The van der Waals surface area contributed by atoms with Crippen LogP contribution in [0, 0.1) is 6.92 Å². The van der Waals surface area contributed by atoms with Crippen LogP contribution in [0.5, 0.6) is 0 Å². The minimum Gasteiger partial charge on any atom is -0.394 e. The number of aliphatic hydroxyl groups is 1. The molecule has 0 radical (unpaired) electrons. The maximum atomic E-state index is 9.29. The average molecular weight is 364 g/mol. The number of anilines is 1. The summed E-state index contributed by atoms with van der Waals surface area (Å²) in [6.07, 6.45) is 1.06. The number of aryl methyl sites for hydroxylation is 1. The summed E-state index contributed by atoms with van der Waals surface area (Å²) >= 11 is 0. The second kappa shape index (κ2) is 8.47. The Bertz CT molecular complexity index is 846. The molecule has 0 atom stereocenters. The molecule has 3 aromatic rings. The van der Waals surface area contributed by atoms with Crippen LogP contribution < -0.4 is 5.32 Å². The van der Waals surface area contributed by atoms with Gasteiger partial charge in [-0.05, 0) is 40.1 Å². The second-order valence-electron chi connectivity index (χ2n) is 6.32. The molecule has 2 heterocycles. The molecule has 3 rings (SSSR count). The molecule has 6 nitrogen and oxygen atoms in total. The maximum absolute atomic E-state index is 9.29. The average Bonchev–Trinajstić information content (AvgIpc) is 2.87. The van der Waals surface area contributed by atoms with Crippen LogP contribution in [0.3, 0.4) is 0 Å². The molecule has 0 bridgehead atoms. The number of nitrogens with one attached hydrogen (secondary N) is 1. The van der Waals surface area contributed by atoms with Crippen molar-refractivity contribution >= 4 is 40.0 Å². The molecular weight excluding hydrogens is 338 g/mol. The summed E-state index contributed by atoms with van der Waals surface area (Å²) in [5, 5.41) is 19.6. The number of halogens is 1. The molecule has 0 saturated carbocycles. The van der Waals surface area contributed by atoms with E-state index in [-0.39, 0.29) is 19.0 Å². The zero-order valence-electron chi connectivity index (χ0n) is 15.0. The van der Waals surface area contributed by atoms with E-state index in [1.54, 1.807) is 4.68 Å². The van der Waals surface area contributed by atoms with Crippen molar-refractivity contribution in [2.45, 2.75) is 19.9 Å². The van der Waals surface area contributed by atoms with Gasteiger partial charge in [0.2, 0.25) is 0 Å². The van der Waals surface area contributed by atoms with E-state index in [1.807, 2.05) is 25.1 Å². The van der Waals surface area contributed by atoms with E-state index < -0.39 is 0 Å². The smallest absolute Gasteiger partial charge is 0.160 e. The summed E-state index contributed by atoms with van der Waals surface area (Å²) in [4.78, 5) is 6.96. The molecule has 7 heteroatoms. The lowest BCUT2D eigenvalue weighted by molar-refractivity contribution is 0.271. The van der Waals surface area contributed by atoms with Crippen LogP contribution in [0.1, 0.15) is 12.1 Å². The number of hydrogen-bond acceptors (Lipinski definition) is 5. The van der Waals surface area contributed by atoms with Gasteiger partial charge in [-0.3, -0.25) is 0 Å². The van der Waals surface area contributed by atoms with Crippen LogP contribution in [-0.2, 0) is 6.54 Å². The number of fused-ring (bicyclic) bond motifs is 2. The van der Waals surface area contributed by atoms with Gasteiger partial charge in [0.25, 0.3) is 0 Å². The third kappa shape index (κ3) is 4.03. The van der Waals surface area contributed by atoms with Gasteiger partial charge in [0.05, 0.1) is 35.4 Å². The predicted molar refractivity (Wildman–Crippen MR) is 106 cm³/mol. The Morgan fingerprint density at radius 2 is 2.00 bits per heavy atom. The van der Waals surface area contributed by atoms with Crippen molar-refractivity contribution in [3.8, 4) is 0 Å². The molecule has 0 spiro atoms.